The molecule has 114 valence electrons. The predicted molar refractivity (Wildman–Crippen MR) is 80.3 cm³/mol. The van der Waals surface area contributed by atoms with Crippen molar-refractivity contribution in [2.24, 2.45) is 5.92 Å². The van der Waals surface area contributed by atoms with Crippen molar-refractivity contribution in [2.75, 3.05) is 13.1 Å². The van der Waals surface area contributed by atoms with Crippen LogP contribution in [0, 0.1) is 5.92 Å². The van der Waals surface area contributed by atoms with E-state index >= 15 is 0 Å². The zero-order valence-corrected chi connectivity index (χ0v) is 12.3. The quantitative estimate of drug-likeness (QED) is 0.766. The Morgan fingerprint density at radius 2 is 2.24 bits per heavy atom. The number of rotatable bonds is 5. The summed E-state index contributed by atoms with van der Waals surface area (Å²) in [5.74, 6) is -0.728. The van der Waals surface area contributed by atoms with Crippen LogP contribution < -0.4 is 10.6 Å². The van der Waals surface area contributed by atoms with Crippen LogP contribution in [0.2, 0.25) is 0 Å². The lowest BCUT2D eigenvalue weighted by Gasteiger charge is -2.27. The Hall–Kier alpha value is -1.88. The minimum Gasteiger partial charge on any atom is -0.478 e. The molecule has 5 heteroatoms. The van der Waals surface area contributed by atoms with Gasteiger partial charge in [0.05, 0.1) is 5.56 Å². The molecule has 1 amide bonds. The Balaban J connectivity index is 1.79. The Bertz CT molecular complexity index is 516. The number of amides is 1. The first kappa shape index (κ1) is 15.5. The van der Waals surface area contributed by atoms with E-state index in [9.17, 15) is 9.59 Å². The van der Waals surface area contributed by atoms with Crippen LogP contribution in [0.25, 0.3) is 0 Å². The van der Waals surface area contributed by atoms with Crippen molar-refractivity contribution < 1.29 is 14.7 Å². The first-order valence-electron chi connectivity index (χ1n) is 7.39. The highest BCUT2D eigenvalue weighted by atomic mass is 16.4. The van der Waals surface area contributed by atoms with Gasteiger partial charge in [-0.3, -0.25) is 4.79 Å². The highest BCUT2D eigenvalue weighted by molar-refractivity contribution is 5.87. The molecule has 1 aliphatic heterocycles. The Morgan fingerprint density at radius 3 is 2.95 bits per heavy atom. The summed E-state index contributed by atoms with van der Waals surface area (Å²) in [7, 11) is 0. The van der Waals surface area contributed by atoms with Crippen LogP contribution in [0.15, 0.2) is 24.3 Å². The molecular formula is C16H22N2O3. The zero-order valence-electron chi connectivity index (χ0n) is 12.3. The van der Waals surface area contributed by atoms with Crippen LogP contribution in [0.1, 0.15) is 35.7 Å². The molecule has 21 heavy (non-hydrogen) atoms. The summed E-state index contributed by atoms with van der Waals surface area (Å²) in [6, 6.07) is 7.23. The molecule has 1 aliphatic rings. The average Bonchev–Trinajstić information content (AvgIpc) is 2.47. The number of carbonyl (C=O) groups is 2. The van der Waals surface area contributed by atoms with Crippen molar-refractivity contribution in [2.45, 2.75) is 32.2 Å². The number of carbonyl (C=O) groups excluding carboxylic acids is 1. The summed E-state index contributed by atoms with van der Waals surface area (Å²) in [5.41, 5.74) is 1.21. The monoisotopic (exact) mass is 290 g/mol. The molecule has 0 aliphatic carbocycles. The van der Waals surface area contributed by atoms with E-state index in [0.29, 0.717) is 19.0 Å². The molecule has 2 unspecified atom stereocenters. The third kappa shape index (κ3) is 4.56. The summed E-state index contributed by atoms with van der Waals surface area (Å²) < 4.78 is 0. The van der Waals surface area contributed by atoms with Crippen molar-refractivity contribution in [1.29, 1.82) is 0 Å². The SMILES string of the molecule is CC1CC(C(=O)NCCc2cccc(C(=O)O)c2)CCN1. The van der Waals surface area contributed by atoms with Gasteiger partial charge >= 0.3 is 5.97 Å². The summed E-state index contributed by atoms with van der Waals surface area (Å²) in [6.45, 7) is 3.52. The second-order valence-electron chi connectivity index (χ2n) is 5.62. The van der Waals surface area contributed by atoms with Gasteiger partial charge in [-0.05, 0) is 50.4 Å². The van der Waals surface area contributed by atoms with Crippen molar-refractivity contribution in [3.63, 3.8) is 0 Å². The lowest BCUT2D eigenvalue weighted by molar-refractivity contribution is -0.126. The average molecular weight is 290 g/mol. The van der Waals surface area contributed by atoms with E-state index in [1.807, 2.05) is 6.07 Å². The molecule has 1 saturated heterocycles. The standard InChI is InChI=1S/C16H22N2O3/c1-11-9-13(6-8-17-11)15(19)18-7-5-12-3-2-4-14(10-12)16(20)21/h2-4,10-11,13,17H,5-9H2,1H3,(H,18,19)(H,20,21). The lowest BCUT2D eigenvalue weighted by Crippen LogP contribution is -2.42. The van der Waals surface area contributed by atoms with Crippen molar-refractivity contribution in [3.05, 3.63) is 35.4 Å². The van der Waals surface area contributed by atoms with E-state index in [4.69, 9.17) is 5.11 Å². The van der Waals surface area contributed by atoms with Gasteiger partial charge in [-0.1, -0.05) is 12.1 Å². The first-order chi connectivity index (χ1) is 10.1. The van der Waals surface area contributed by atoms with E-state index in [0.717, 1.165) is 24.9 Å². The van der Waals surface area contributed by atoms with Crippen molar-refractivity contribution >= 4 is 11.9 Å². The van der Waals surface area contributed by atoms with Crippen LogP contribution in [0.4, 0.5) is 0 Å². The number of hydrogen-bond donors (Lipinski definition) is 3. The minimum absolute atomic E-state index is 0.0894. The van der Waals surface area contributed by atoms with Gasteiger partial charge in [0.15, 0.2) is 0 Å². The lowest BCUT2D eigenvalue weighted by atomic mass is 9.92. The van der Waals surface area contributed by atoms with E-state index in [1.54, 1.807) is 18.2 Å². The number of nitrogens with one attached hydrogen (secondary N) is 2. The molecule has 2 atom stereocenters. The van der Waals surface area contributed by atoms with Gasteiger partial charge in [0.1, 0.15) is 0 Å². The molecule has 1 aromatic carbocycles. The van der Waals surface area contributed by atoms with Gasteiger partial charge in [-0.25, -0.2) is 4.79 Å². The van der Waals surface area contributed by atoms with E-state index in [1.165, 1.54) is 0 Å². The number of hydrogen-bond acceptors (Lipinski definition) is 3. The van der Waals surface area contributed by atoms with Gasteiger partial charge < -0.3 is 15.7 Å². The number of benzene rings is 1. The van der Waals surface area contributed by atoms with Crippen LogP contribution >= 0.6 is 0 Å². The summed E-state index contributed by atoms with van der Waals surface area (Å²) in [6.07, 6.45) is 2.40. The molecule has 0 saturated carbocycles. The second-order valence-corrected chi connectivity index (χ2v) is 5.62. The molecule has 1 fully saturated rings. The second kappa shape index (κ2) is 7.22. The zero-order chi connectivity index (χ0) is 15.2. The highest BCUT2D eigenvalue weighted by Crippen LogP contribution is 2.16. The van der Waals surface area contributed by atoms with Gasteiger partial charge in [0.25, 0.3) is 0 Å². The van der Waals surface area contributed by atoms with Crippen molar-refractivity contribution in [3.8, 4) is 0 Å². The normalized spacial score (nSPS) is 21.8. The van der Waals surface area contributed by atoms with Crippen LogP contribution in [0.5, 0.6) is 0 Å². The van der Waals surface area contributed by atoms with Crippen LogP contribution in [-0.2, 0) is 11.2 Å². The number of carboxylic acid groups (broad SMARTS) is 1. The molecule has 5 nitrogen and oxygen atoms in total. The van der Waals surface area contributed by atoms with Crippen molar-refractivity contribution in [1.82, 2.24) is 10.6 Å². The summed E-state index contributed by atoms with van der Waals surface area (Å²) in [5, 5.41) is 15.2. The number of aromatic carboxylic acids is 1. The van der Waals surface area contributed by atoms with E-state index in [2.05, 4.69) is 17.6 Å². The van der Waals surface area contributed by atoms with Gasteiger partial charge in [0.2, 0.25) is 5.91 Å². The maximum absolute atomic E-state index is 12.1. The van der Waals surface area contributed by atoms with Gasteiger partial charge in [-0.2, -0.15) is 0 Å². The smallest absolute Gasteiger partial charge is 0.335 e. The predicted octanol–water partition coefficient (Wildman–Crippen LogP) is 1.43. The molecule has 3 N–H and O–H groups in total. The third-order valence-electron chi connectivity index (χ3n) is 3.88. The molecular weight excluding hydrogens is 268 g/mol. The number of piperidine rings is 1. The molecule has 0 aromatic heterocycles. The molecule has 0 radical (unpaired) electrons. The minimum atomic E-state index is -0.926. The van der Waals surface area contributed by atoms with Crippen LogP contribution in [-0.4, -0.2) is 36.1 Å². The van der Waals surface area contributed by atoms with Crippen LogP contribution in [0.3, 0.4) is 0 Å². The highest BCUT2D eigenvalue weighted by Gasteiger charge is 2.24. The summed E-state index contributed by atoms with van der Waals surface area (Å²) >= 11 is 0. The van der Waals surface area contributed by atoms with E-state index in [-0.39, 0.29) is 17.4 Å². The largest absolute Gasteiger partial charge is 0.478 e. The van der Waals surface area contributed by atoms with Gasteiger partial charge in [0, 0.05) is 18.5 Å². The number of carboxylic acids is 1. The maximum atomic E-state index is 12.1. The molecule has 1 aromatic rings. The molecule has 0 bridgehead atoms. The molecule has 2 rings (SSSR count). The maximum Gasteiger partial charge on any atom is 0.335 e. The third-order valence-corrected chi connectivity index (χ3v) is 3.88. The van der Waals surface area contributed by atoms with Gasteiger partial charge in [-0.15, -0.1) is 0 Å². The Labute approximate surface area is 124 Å². The summed E-state index contributed by atoms with van der Waals surface area (Å²) in [4.78, 5) is 23.0. The topological polar surface area (TPSA) is 78.4 Å². The fraction of sp³-hybridized carbons (Fsp3) is 0.500. The Kier molecular flexibility index (Phi) is 5.33. The molecule has 1 heterocycles. The first-order valence-corrected chi connectivity index (χ1v) is 7.39. The Morgan fingerprint density at radius 1 is 1.43 bits per heavy atom. The fourth-order valence-electron chi connectivity index (χ4n) is 2.70. The fourth-order valence-corrected chi connectivity index (χ4v) is 2.70. The molecule has 0 spiro atoms. The van der Waals surface area contributed by atoms with E-state index < -0.39 is 5.97 Å².